The minimum atomic E-state index is -5.00. The van der Waals surface area contributed by atoms with Gasteiger partial charge in [-0.2, -0.15) is 27.1 Å². The molecule has 1 N–H and O–H groups in total. The molecular weight excluding hydrogens is 442 g/mol. The molecule has 0 atom stereocenters. The van der Waals surface area contributed by atoms with Gasteiger partial charge in [0.1, 0.15) is 5.69 Å². The van der Waals surface area contributed by atoms with Crippen LogP contribution in [0, 0.1) is 5.82 Å². The van der Waals surface area contributed by atoms with Crippen molar-refractivity contribution < 1.29 is 31.1 Å². The highest BCUT2D eigenvalue weighted by Gasteiger charge is 2.40. The topological polar surface area (TPSA) is 85.6 Å². The molecule has 0 aliphatic carbocycles. The number of carbonyl (C=O) groups is 1. The molecular formula is C16H9ClF6N6O. The Kier molecular flexibility index (Phi) is 5.65. The van der Waals surface area contributed by atoms with Crippen molar-refractivity contribution in [3.05, 3.63) is 65.0 Å². The van der Waals surface area contributed by atoms with Crippen LogP contribution in [0.2, 0.25) is 5.02 Å². The van der Waals surface area contributed by atoms with Crippen molar-refractivity contribution in [2.24, 2.45) is 0 Å². The van der Waals surface area contributed by atoms with E-state index in [1.165, 1.54) is 0 Å². The molecule has 3 rings (SSSR count). The monoisotopic (exact) mass is 450 g/mol. The zero-order valence-electron chi connectivity index (χ0n) is 14.5. The number of amides is 1. The standard InChI is InChI=1S/C16H9ClF6N6O/c17-10-3-9(29-6-8(18)4-28-29)5-26-12(10)15(19,20)7-27-14(30)11-13(16(21,22)23)25-2-1-24-11/h1-6H,7H2,(H,27,30). The number of nitrogens with one attached hydrogen (secondary N) is 1. The van der Waals surface area contributed by atoms with Crippen LogP contribution in [0.25, 0.3) is 5.69 Å². The largest absolute Gasteiger partial charge is 0.435 e. The smallest absolute Gasteiger partial charge is 0.344 e. The van der Waals surface area contributed by atoms with Gasteiger partial charge in [0.15, 0.2) is 17.2 Å². The van der Waals surface area contributed by atoms with Crippen molar-refractivity contribution in [1.82, 2.24) is 30.0 Å². The Bertz CT molecular complexity index is 1090. The Labute approximate surface area is 168 Å². The Balaban J connectivity index is 1.78. The molecule has 0 radical (unpaired) electrons. The number of nitrogens with zero attached hydrogens (tertiary/aromatic N) is 5. The SMILES string of the molecule is O=C(NCC(F)(F)c1ncc(-n2cc(F)cn2)cc1Cl)c1nccnc1C(F)(F)F. The van der Waals surface area contributed by atoms with Crippen molar-refractivity contribution in [2.75, 3.05) is 6.54 Å². The van der Waals surface area contributed by atoms with Gasteiger partial charge in [-0.15, -0.1) is 0 Å². The van der Waals surface area contributed by atoms with Crippen molar-refractivity contribution in [3.63, 3.8) is 0 Å². The van der Waals surface area contributed by atoms with Gasteiger partial charge in [0.25, 0.3) is 5.91 Å². The van der Waals surface area contributed by atoms with Crippen molar-refractivity contribution in [2.45, 2.75) is 12.1 Å². The predicted octanol–water partition coefficient (Wildman–Crippen LogP) is 3.39. The molecule has 0 bridgehead atoms. The summed E-state index contributed by atoms with van der Waals surface area (Å²) in [5, 5.41) is 4.77. The maximum absolute atomic E-state index is 14.5. The zero-order valence-corrected chi connectivity index (χ0v) is 15.2. The van der Waals surface area contributed by atoms with Crippen molar-refractivity contribution >= 4 is 17.5 Å². The van der Waals surface area contributed by atoms with E-state index in [-0.39, 0.29) is 5.69 Å². The molecule has 0 fully saturated rings. The molecule has 0 saturated heterocycles. The molecule has 3 aromatic rings. The lowest BCUT2D eigenvalue weighted by atomic mass is 10.2. The molecule has 0 spiro atoms. The van der Waals surface area contributed by atoms with Gasteiger partial charge in [-0.05, 0) is 6.07 Å². The van der Waals surface area contributed by atoms with Crippen LogP contribution >= 0.6 is 11.6 Å². The van der Waals surface area contributed by atoms with E-state index < -0.39 is 52.5 Å². The van der Waals surface area contributed by atoms with Gasteiger partial charge < -0.3 is 5.32 Å². The van der Waals surface area contributed by atoms with Crippen LogP contribution in [0.15, 0.2) is 37.1 Å². The number of aromatic nitrogens is 5. The van der Waals surface area contributed by atoms with E-state index in [4.69, 9.17) is 11.6 Å². The second kappa shape index (κ2) is 7.89. The molecule has 1 amide bonds. The lowest BCUT2D eigenvalue weighted by Crippen LogP contribution is -2.37. The quantitative estimate of drug-likeness (QED) is 0.602. The van der Waals surface area contributed by atoms with Crippen molar-refractivity contribution in [3.8, 4) is 5.69 Å². The second-order valence-corrected chi connectivity index (χ2v) is 6.17. The van der Waals surface area contributed by atoms with Crippen LogP contribution in [0.3, 0.4) is 0 Å². The summed E-state index contributed by atoms with van der Waals surface area (Å²) in [6, 6.07) is 1.04. The van der Waals surface area contributed by atoms with E-state index in [1.54, 1.807) is 5.32 Å². The molecule has 14 heteroatoms. The third kappa shape index (κ3) is 4.50. The normalized spacial score (nSPS) is 12.1. The van der Waals surface area contributed by atoms with Gasteiger partial charge in [0.05, 0.1) is 35.8 Å². The third-order valence-electron chi connectivity index (χ3n) is 3.64. The van der Waals surface area contributed by atoms with E-state index in [9.17, 15) is 31.1 Å². The molecule has 158 valence electrons. The third-order valence-corrected chi connectivity index (χ3v) is 3.93. The summed E-state index contributed by atoms with van der Waals surface area (Å²) in [4.78, 5) is 21.8. The Hall–Kier alpha value is -3.22. The molecule has 30 heavy (non-hydrogen) atoms. The van der Waals surface area contributed by atoms with E-state index in [0.717, 1.165) is 35.5 Å². The van der Waals surface area contributed by atoms with Gasteiger partial charge in [-0.1, -0.05) is 11.6 Å². The number of hydrogen-bond acceptors (Lipinski definition) is 5. The van der Waals surface area contributed by atoms with Gasteiger partial charge >= 0.3 is 12.1 Å². The molecule has 0 saturated carbocycles. The van der Waals surface area contributed by atoms with Gasteiger partial charge in [0, 0.05) is 12.4 Å². The van der Waals surface area contributed by atoms with Crippen LogP contribution in [0.5, 0.6) is 0 Å². The van der Waals surface area contributed by atoms with Crippen LogP contribution in [-0.2, 0) is 12.1 Å². The first-order valence-corrected chi connectivity index (χ1v) is 8.27. The number of pyridine rings is 1. The molecule has 0 aliphatic rings. The molecule has 0 unspecified atom stereocenters. The highest BCUT2D eigenvalue weighted by Crippen LogP contribution is 2.33. The minimum Gasteiger partial charge on any atom is -0.344 e. The fraction of sp³-hybridized carbons (Fsp3) is 0.188. The summed E-state index contributed by atoms with van der Waals surface area (Å²) in [7, 11) is 0. The van der Waals surface area contributed by atoms with Crippen LogP contribution in [-0.4, -0.2) is 37.2 Å². The van der Waals surface area contributed by atoms with Crippen LogP contribution in [0.1, 0.15) is 21.9 Å². The maximum Gasteiger partial charge on any atom is 0.435 e. The molecule has 0 aromatic carbocycles. The fourth-order valence-electron chi connectivity index (χ4n) is 2.33. The summed E-state index contributed by atoms with van der Waals surface area (Å²) < 4.78 is 81.6. The summed E-state index contributed by atoms with van der Waals surface area (Å²) >= 11 is 5.83. The predicted molar refractivity (Wildman–Crippen MR) is 89.6 cm³/mol. The molecule has 7 nitrogen and oxygen atoms in total. The average molecular weight is 451 g/mol. The minimum absolute atomic E-state index is 0.0851. The number of halogens is 7. The molecule has 0 aliphatic heterocycles. The number of rotatable bonds is 5. The maximum atomic E-state index is 14.5. The molecule has 3 aromatic heterocycles. The van der Waals surface area contributed by atoms with Crippen molar-refractivity contribution in [1.29, 1.82) is 0 Å². The number of carbonyl (C=O) groups excluding carboxylic acids is 1. The van der Waals surface area contributed by atoms with Gasteiger partial charge in [-0.3, -0.25) is 9.78 Å². The Morgan fingerprint density at radius 2 is 1.77 bits per heavy atom. The number of hydrogen-bond donors (Lipinski definition) is 1. The zero-order chi connectivity index (χ0) is 22.1. The number of alkyl halides is 5. The highest BCUT2D eigenvalue weighted by atomic mass is 35.5. The Morgan fingerprint density at radius 3 is 2.37 bits per heavy atom. The van der Waals surface area contributed by atoms with E-state index in [2.05, 4.69) is 20.1 Å². The van der Waals surface area contributed by atoms with Crippen LogP contribution in [0.4, 0.5) is 26.3 Å². The summed E-state index contributed by atoms with van der Waals surface area (Å²) in [6.45, 7) is -1.41. The first-order chi connectivity index (χ1) is 14.0. The first-order valence-electron chi connectivity index (χ1n) is 7.90. The summed E-state index contributed by atoms with van der Waals surface area (Å²) in [6.07, 6.45) is -0.690. The highest BCUT2D eigenvalue weighted by molar-refractivity contribution is 6.31. The second-order valence-electron chi connectivity index (χ2n) is 5.77. The molecule has 3 heterocycles. The average Bonchev–Trinajstić information content (AvgIpc) is 3.11. The van der Waals surface area contributed by atoms with E-state index in [1.807, 2.05) is 0 Å². The lowest BCUT2D eigenvalue weighted by molar-refractivity contribution is -0.141. The van der Waals surface area contributed by atoms with Gasteiger partial charge in [0.2, 0.25) is 0 Å². The fourth-order valence-corrected chi connectivity index (χ4v) is 2.63. The van der Waals surface area contributed by atoms with E-state index in [0.29, 0.717) is 6.20 Å². The van der Waals surface area contributed by atoms with Crippen LogP contribution < -0.4 is 5.32 Å². The summed E-state index contributed by atoms with van der Waals surface area (Å²) in [5.41, 5.74) is -3.63. The van der Waals surface area contributed by atoms with E-state index >= 15 is 0 Å². The lowest BCUT2D eigenvalue weighted by Gasteiger charge is -2.18. The summed E-state index contributed by atoms with van der Waals surface area (Å²) in [5.74, 6) is -6.03. The van der Waals surface area contributed by atoms with Gasteiger partial charge in [-0.25, -0.2) is 19.0 Å². The Morgan fingerprint density at radius 1 is 1.07 bits per heavy atom. The first kappa shape index (κ1) is 21.5.